The summed E-state index contributed by atoms with van der Waals surface area (Å²) in [6, 6.07) is 5.28. The smallest absolute Gasteiger partial charge is 0.0361 e. The zero-order valence-electron chi connectivity index (χ0n) is 9.99. The third kappa shape index (κ3) is 2.49. The van der Waals surface area contributed by atoms with Crippen molar-refractivity contribution in [3.63, 3.8) is 0 Å². The van der Waals surface area contributed by atoms with E-state index in [9.17, 15) is 0 Å². The van der Waals surface area contributed by atoms with Crippen molar-refractivity contribution in [3.8, 4) is 0 Å². The molecule has 1 N–H and O–H groups in total. The van der Waals surface area contributed by atoms with Gasteiger partial charge in [0.15, 0.2) is 0 Å². The van der Waals surface area contributed by atoms with Crippen LogP contribution in [0.4, 0.5) is 0 Å². The average Bonchev–Trinajstić information content (AvgIpc) is 2.79. The van der Waals surface area contributed by atoms with Gasteiger partial charge < -0.3 is 9.88 Å². The molecule has 88 valence electrons. The van der Waals surface area contributed by atoms with Crippen molar-refractivity contribution in [1.29, 1.82) is 0 Å². The summed E-state index contributed by atoms with van der Waals surface area (Å²) in [4.78, 5) is 0. The lowest BCUT2D eigenvalue weighted by Gasteiger charge is -2.14. The van der Waals surface area contributed by atoms with Gasteiger partial charge in [0.2, 0.25) is 0 Å². The van der Waals surface area contributed by atoms with Gasteiger partial charge in [-0.25, -0.2) is 0 Å². The van der Waals surface area contributed by atoms with E-state index in [0.717, 1.165) is 18.5 Å². The van der Waals surface area contributed by atoms with E-state index in [2.05, 4.69) is 28.2 Å². The molecule has 1 heterocycles. The molecule has 0 unspecified atom stereocenters. The molecule has 0 atom stereocenters. The summed E-state index contributed by atoms with van der Waals surface area (Å²) in [5, 5.41) is 3.60. The molecule has 0 spiro atoms. The molecule has 0 bridgehead atoms. The highest BCUT2D eigenvalue weighted by molar-refractivity contribution is 5.07. The van der Waals surface area contributed by atoms with Crippen molar-refractivity contribution in [2.45, 2.75) is 57.7 Å². The van der Waals surface area contributed by atoms with Crippen LogP contribution in [0, 0.1) is 5.92 Å². The minimum absolute atomic E-state index is 0.815. The molecule has 0 saturated heterocycles. The van der Waals surface area contributed by atoms with Crippen LogP contribution < -0.4 is 5.32 Å². The van der Waals surface area contributed by atoms with Gasteiger partial charge in [0.05, 0.1) is 0 Å². The third-order valence-electron chi connectivity index (χ3n) is 4.00. The quantitative estimate of drug-likeness (QED) is 0.804. The number of aromatic nitrogens is 1. The second-order valence-electron chi connectivity index (χ2n) is 5.46. The van der Waals surface area contributed by atoms with E-state index in [1.54, 1.807) is 0 Å². The molecule has 2 fully saturated rings. The fraction of sp³-hybridized carbons (Fsp3) is 0.714. The lowest BCUT2D eigenvalue weighted by atomic mass is 10.1. The maximum Gasteiger partial charge on any atom is 0.0361 e. The molecule has 0 radical (unpaired) electrons. The summed E-state index contributed by atoms with van der Waals surface area (Å²) in [6.07, 6.45) is 10.8. The van der Waals surface area contributed by atoms with Crippen LogP contribution in [0.15, 0.2) is 18.3 Å². The zero-order valence-corrected chi connectivity index (χ0v) is 9.99. The molecular weight excluding hydrogens is 196 g/mol. The fourth-order valence-corrected chi connectivity index (χ4v) is 2.80. The van der Waals surface area contributed by atoms with Crippen LogP contribution in [-0.4, -0.2) is 10.6 Å². The molecule has 16 heavy (non-hydrogen) atoms. The highest BCUT2D eigenvalue weighted by Crippen LogP contribution is 2.27. The maximum absolute atomic E-state index is 3.60. The predicted octanol–water partition coefficient (Wildman–Crippen LogP) is 2.93. The van der Waals surface area contributed by atoms with Crippen molar-refractivity contribution in [1.82, 2.24) is 9.88 Å². The molecule has 2 saturated carbocycles. The molecule has 2 aliphatic rings. The van der Waals surface area contributed by atoms with Crippen LogP contribution in [0.3, 0.4) is 0 Å². The molecule has 0 aromatic carbocycles. The third-order valence-corrected chi connectivity index (χ3v) is 4.00. The Morgan fingerprint density at radius 2 is 2.00 bits per heavy atom. The second-order valence-corrected chi connectivity index (χ2v) is 5.46. The van der Waals surface area contributed by atoms with E-state index in [4.69, 9.17) is 0 Å². The van der Waals surface area contributed by atoms with Gasteiger partial charge in [-0.1, -0.05) is 12.8 Å². The Kier molecular flexibility index (Phi) is 3.00. The SMILES string of the molecule is c1cc(CNC2CC2)n(CC2CCCC2)c1. The Hall–Kier alpha value is -0.760. The first kappa shape index (κ1) is 10.4. The van der Waals surface area contributed by atoms with Gasteiger partial charge in [-0.3, -0.25) is 0 Å². The second kappa shape index (κ2) is 4.62. The van der Waals surface area contributed by atoms with Crippen molar-refractivity contribution >= 4 is 0 Å². The molecule has 1 aromatic rings. The number of nitrogens with one attached hydrogen (secondary N) is 1. The number of hydrogen-bond acceptors (Lipinski definition) is 1. The molecule has 0 aliphatic heterocycles. The molecule has 1 aromatic heterocycles. The lowest BCUT2D eigenvalue weighted by Crippen LogP contribution is -2.19. The van der Waals surface area contributed by atoms with Crippen molar-refractivity contribution in [2.24, 2.45) is 5.92 Å². The molecular formula is C14H22N2. The van der Waals surface area contributed by atoms with E-state index >= 15 is 0 Å². The molecule has 3 rings (SSSR count). The van der Waals surface area contributed by atoms with Crippen LogP contribution >= 0.6 is 0 Å². The minimum atomic E-state index is 0.815. The predicted molar refractivity (Wildman–Crippen MR) is 66.3 cm³/mol. The Morgan fingerprint density at radius 3 is 2.75 bits per heavy atom. The van der Waals surface area contributed by atoms with Gasteiger partial charge in [0.25, 0.3) is 0 Å². The van der Waals surface area contributed by atoms with Crippen LogP contribution in [-0.2, 0) is 13.1 Å². The topological polar surface area (TPSA) is 17.0 Å². The van der Waals surface area contributed by atoms with Crippen LogP contribution in [0.5, 0.6) is 0 Å². The average molecular weight is 218 g/mol. The number of nitrogens with zero attached hydrogens (tertiary/aromatic N) is 1. The van der Waals surface area contributed by atoms with E-state index in [1.165, 1.54) is 50.8 Å². The van der Waals surface area contributed by atoms with Crippen molar-refractivity contribution in [2.75, 3.05) is 0 Å². The summed E-state index contributed by atoms with van der Waals surface area (Å²) >= 11 is 0. The molecule has 2 nitrogen and oxygen atoms in total. The monoisotopic (exact) mass is 218 g/mol. The highest BCUT2D eigenvalue weighted by atomic mass is 15.0. The van der Waals surface area contributed by atoms with Gasteiger partial charge in [0, 0.05) is 31.0 Å². The fourth-order valence-electron chi connectivity index (χ4n) is 2.80. The van der Waals surface area contributed by atoms with E-state index in [-0.39, 0.29) is 0 Å². The Balaban J connectivity index is 1.57. The Morgan fingerprint density at radius 1 is 1.19 bits per heavy atom. The number of hydrogen-bond donors (Lipinski definition) is 1. The summed E-state index contributed by atoms with van der Waals surface area (Å²) in [7, 11) is 0. The summed E-state index contributed by atoms with van der Waals surface area (Å²) in [5.74, 6) is 0.937. The lowest BCUT2D eigenvalue weighted by molar-refractivity contribution is 0.445. The Labute approximate surface area is 98.0 Å². The van der Waals surface area contributed by atoms with E-state index < -0.39 is 0 Å². The minimum Gasteiger partial charge on any atom is -0.350 e. The van der Waals surface area contributed by atoms with Crippen molar-refractivity contribution in [3.05, 3.63) is 24.0 Å². The summed E-state index contributed by atoms with van der Waals surface area (Å²) < 4.78 is 2.46. The molecule has 2 heteroatoms. The van der Waals surface area contributed by atoms with Gasteiger partial charge in [-0.2, -0.15) is 0 Å². The first-order valence-electron chi connectivity index (χ1n) is 6.79. The Bertz CT molecular complexity index is 332. The maximum atomic E-state index is 3.60. The molecule has 0 amide bonds. The first-order chi connectivity index (χ1) is 7.92. The van der Waals surface area contributed by atoms with Gasteiger partial charge in [0.1, 0.15) is 0 Å². The van der Waals surface area contributed by atoms with Crippen molar-refractivity contribution < 1.29 is 0 Å². The summed E-state index contributed by atoms with van der Waals surface area (Å²) in [6.45, 7) is 2.30. The largest absolute Gasteiger partial charge is 0.350 e. The van der Waals surface area contributed by atoms with Gasteiger partial charge >= 0.3 is 0 Å². The standard InChI is InChI=1S/C14H22N2/c1-2-5-12(4-1)11-16-9-3-6-14(16)10-15-13-7-8-13/h3,6,9,12-13,15H,1-2,4-5,7-8,10-11H2. The van der Waals surface area contributed by atoms with Gasteiger partial charge in [-0.05, 0) is 43.7 Å². The van der Waals surface area contributed by atoms with Crippen LogP contribution in [0.25, 0.3) is 0 Å². The molecule has 2 aliphatic carbocycles. The van der Waals surface area contributed by atoms with E-state index in [1.807, 2.05) is 0 Å². The van der Waals surface area contributed by atoms with E-state index in [0.29, 0.717) is 0 Å². The number of rotatable bonds is 5. The van der Waals surface area contributed by atoms with Crippen LogP contribution in [0.2, 0.25) is 0 Å². The normalized spacial score (nSPS) is 21.8. The summed E-state index contributed by atoms with van der Waals surface area (Å²) in [5.41, 5.74) is 1.47. The van der Waals surface area contributed by atoms with Crippen LogP contribution in [0.1, 0.15) is 44.2 Å². The first-order valence-corrected chi connectivity index (χ1v) is 6.79. The highest BCUT2D eigenvalue weighted by Gasteiger charge is 2.21. The van der Waals surface area contributed by atoms with Gasteiger partial charge in [-0.15, -0.1) is 0 Å². The zero-order chi connectivity index (χ0) is 10.8.